The Hall–Kier alpha value is -2.37. The molecule has 1 aliphatic carbocycles. The summed E-state index contributed by atoms with van der Waals surface area (Å²) in [4.78, 5) is 17.9. The van der Waals surface area contributed by atoms with Gasteiger partial charge < -0.3 is 20.0 Å². The smallest absolute Gasteiger partial charge is 0.171 e. The van der Waals surface area contributed by atoms with Crippen molar-refractivity contribution >= 4 is 5.78 Å². The van der Waals surface area contributed by atoms with E-state index < -0.39 is 24.0 Å². The molecule has 222 valence electrons. The van der Waals surface area contributed by atoms with Gasteiger partial charge in [-0.05, 0) is 35.5 Å². The largest absolute Gasteiger partial charge is 0.391 e. The van der Waals surface area contributed by atoms with Gasteiger partial charge in [0, 0.05) is 64.5 Å². The van der Waals surface area contributed by atoms with Crippen LogP contribution in [0.15, 0.2) is 70.4 Å². The normalized spacial score (nSPS) is 26.9. The lowest BCUT2D eigenvalue weighted by atomic mass is 9.81. The Morgan fingerprint density at radius 1 is 0.600 bits per heavy atom. The molecule has 0 aromatic heterocycles. The summed E-state index contributed by atoms with van der Waals surface area (Å²) in [6.45, 7) is 26.2. The molecular formula is C35H54N2O3. The molecule has 4 atom stereocenters. The summed E-state index contributed by atoms with van der Waals surface area (Å²) in [6.07, 6.45) is 9.96. The summed E-state index contributed by atoms with van der Waals surface area (Å²) in [7, 11) is 4.18. The van der Waals surface area contributed by atoms with Gasteiger partial charge >= 0.3 is 0 Å². The van der Waals surface area contributed by atoms with E-state index in [1.165, 1.54) is 0 Å². The number of hydrogen-bond acceptors (Lipinski definition) is 5. The van der Waals surface area contributed by atoms with Crippen LogP contribution in [0, 0.1) is 33.5 Å². The molecule has 0 bridgehead atoms. The van der Waals surface area contributed by atoms with Crippen molar-refractivity contribution in [1.82, 2.24) is 9.80 Å². The Labute approximate surface area is 243 Å². The van der Waals surface area contributed by atoms with Crippen LogP contribution in [-0.2, 0) is 4.79 Å². The van der Waals surface area contributed by atoms with Gasteiger partial charge in [0.1, 0.15) is 6.10 Å². The van der Waals surface area contributed by atoms with Crippen molar-refractivity contribution < 1.29 is 15.0 Å². The van der Waals surface area contributed by atoms with E-state index in [9.17, 15) is 15.0 Å². The molecule has 0 aromatic carbocycles. The summed E-state index contributed by atoms with van der Waals surface area (Å²) in [5.74, 6) is -1.80. The lowest BCUT2D eigenvalue weighted by Crippen LogP contribution is -2.34. The quantitative estimate of drug-likeness (QED) is 0.388. The molecule has 2 N–H and O–H groups in total. The molecule has 5 heteroatoms. The average Bonchev–Trinajstić information content (AvgIpc) is 2.96. The van der Waals surface area contributed by atoms with Crippen molar-refractivity contribution in [2.75, 3.05) is 14.1 Å². The molecule has 1 saturated carbocycles. The molecular weight excluding hydrogens is 496 g/mol. The molecule has 0 saturated heterocycles. The van der Waals surface area contributed by atoms with E-state index in [-0.39, 0.29) is 27.4 Å². The van der Waals surface area contributed by atoms with Crippen molar-refractivity contribution in [2.24, 2.45) is 33.5 Å². The molecule has 3 rings (SSSR count). The van der Waals surface area contributed by atoms with Gasteiger partial charge in [-0.25, -0.2) is 0 Å². The third-order valence-electron chi connectivity index (χ3n) is 8.24. The fraction of sp³-hybridized carbons (Fsp3) is 0.629. The molecule has 5 nitrogen and oxygen atoms in total. The summed E-state index contributed by atoms with van der Waals surface area (Å²) in [6, 6.07) is 0. The highest BCUT2D eigenvalue weighted by Gasteiger charge is 2.47. The summed E-state index contributed by atoms with van der Waals surface area (Å²) >= 11 is 0. The minimum atomic E-state index is -1.26. The SMILES string of the molecule is CN1C(C(C)(C)C)=CC(=CC2C(=O)C(O)C(C=C3C=C(C(C)(C)C)N(C)C(C(C)(C)C)=C3)C2O)C=C1C(C)(C)C. The van der Waals surface area contributed by atoms with Crippen molar-refractivity contribution in [1.29, 1.82) is 0 Å². The standard InChI is InChI=1S/C35H54N2O3/c1-32(2,3)25-17-21(18-26(36(25)13)33(4,5)6)15-23-29(38)24(31(40)30(23)39)16-22-19-27(34(7,8)9)37(14)28(20-22)35(10,11)12/h15-20,23-24,29-30,38-39H,1-14H3. The van der Waals surface area contributed by atoms with E-state index in [1.807, 2.05) is 12.2 Å². The summed E-state index contributed by atoms with van der Waals surface area (Å²) in [5.41, 5.74) is 6.02. The second kappa shape index (κ2) is 10.5. The van der Waals surface area contributed by atoms with Gasteiger partial charge in [-0.1, -0.05) is 95.2 Å². The molecule has 0 amide bonds. The topological polar surface area (TPSA) is 64.0 Å². The number of ketones is 1. The predicted octanol–water partition coefficient (Wildman–Crippen LogP) is 6.99. The fourth-order valence-electron chi connectivity index (χ4n) is 6.21. The van der Waals surface area contributed by atoms with Crippen LogP contribution < -0.4 is 0 Å². The summed E-state index contributed by atoms with van der Waals surface area (Å²) < 4.78 is 0. The maximum absolute atomic E-state index is 13.4. The lowest BCUT2D eigenvalue weighted by Gasteiger charge is -2.41. The third kappa shape index (κ3) is 6.41. The van der Waals surface area contributed by atoms with Crippen LogP contribution in [0.3, 0.4) is 0 Å². The van der Waals surface area contributed by atoms with E-state index in [4.69, 9.17) is 0 Å². The second-order valence-corrected chi connectivity index (χ2v) is 16.0. The van der Waals surface area contributed by atoms with E-state index in [2.05, 4.69) is 131 Å². The zero-order valence-electron chi connectivity index (χ0n) is 27.5. The minimum Gasteiger partial charge on any atom is -0.391 e. The number of hydrogen-bond donors (Lipinski definition) is 2. The van der Waals surface area contributed by atoms with Gasteiger partial charge in [-0.15, -0.1) is 0 Å². The van der Waals surface area contributed by atoms with Gasteiger partial charge in [0.15, 0.2) is 5.78 Å². The first kappa shape index (κ1) is 32.1. The average molecular weight is 551 g/mol. The van der Waals surface area contributed by atoms with Gasteiger partial charge in [-0.2, -0.15) is 0 Å². The number of Topliss-reactive ketones (excluding diaryl/α,β-unsaturated/α-hetero) is 1. The molecule has 1 fully saturated rings. The number of aliphatic hydroxyl groups excluding tert-OH is 2. The van der Waals surface area contributed by atoms with Gasteiger partial charge in [0.2, 0.25) is 0 Å². The number of aliphatic hydroxyl groups is 2. The first-order valence-electron chi connectivity index (χ1n) is 14.6. The number of allylic oxidation sites excluding steroid dienone is 10. The van der Waals surface area contributed by atoms with E-state index in [0.717, 1.165) is 33.9 Å². The number of rotatable bonds is 2. The molecule has 3 aliphatic rings. The first-order valence-corrected chi connectivity index (χ1v) is 14.6. The molecule has 0 aromatic rings. The molecule has 0 radical (unpaired) electrons. The highest BCUT2D eigenvalue weighted by atomic mass is 16.3. The van der Waals surface area contributed by atoms with Crippen LogP contribution in [0.2, 0.25) is 0 Å². The maximum Gasteiger partial charge on any atom is 0.171 e. The van der Waals surface area contributed by atoms with Gasteiger partial charge in [0.05, 0.1) is 12.0 Å². The Morgan fingerprint density at radius 3 is 1.20 bits per heavy atom. The first-order chi connectivity index (χ1) is 17.9. The zero-order chi connectivity index (χ0) is 30.7. The number of carbonyl (C=O) groups excluding carboxylic acids is 1. The predicted molar refractivity (Wildman–Crippen MR) is 166 cm³/mol. The van der Waals surface area contributed by atoms with Crippen LogP contribution in [-0.4, -0.2) is 52.1 Å². The van der Waals surface area contributed by atoms with Crippen LogP contribution in [0.25, 0.3) is 0 Å². The van der Waals surface area contributed by atoms with Crippen LogP contribution >= 0.6 is 0 Å². The molecule has 2 aliphatic heterocycles. The van der Waals surface area contributed by atoms with Crippen molar-refractivity contribution in [3.05, 3.63) is 70.4 Å². The minimum absolute atomic E-state index is 0.101. The van der Waals surface area contributed by atoms with Crippen molar-refractivity contribution in [3.63, 3.8) is 0 Å². The Balaban J connectivity index is 2.08. The highest BCUT2D eigenvalue weighted by molar-refractivity contribution is 5.91. The summed E-state index contributed by atoms with van der Waals surface area (Å²) in [5, 5.41) is 22.6. The molecule has 0 spiro atoms. The van der Waals surface area contributed by atoms with Gasteiger partial charge in [-0.3, -0.25) is 4.79 Å². The molecule has 40 heavy (non-hydrogen) atoms. The fourth-order valence-corrected chi connectivity index (χ4v) is 6.21. The van der Waals surface area contributed by atoms with E-state index >= 15 is 0 Å². The van der Waals surface area contributed by atoms with Crippen LogP contribution in [0.1, 0.15) is 83.1 Å². The maximum atomic E-state index is 13.4. The Kier molecular flexibility index (Phi) is 8.42. The van der Waals surface area contributed by atoms with E-state index in [0.29, 0.717) is 0 Å². The monoisotopic (exact) mass is 550 g/mol. The number of nitrogens with zero attached hydrogens (tertiary/aromatic N) is 2. The van der Waals surface area contributed by atoms with Crippen LogP contribution in [0.5, 0.6) is 0 Å². The van der Waals surface area contributed by atoms with E-state index in [1.54, 1.807) is 0 Å². The molecule has 4 unspecified atom stereocenters. The van der Waals surface area contributed by atoms with Crippen molar-refractivity contribution in [2.45, 2.75) is 95.3 Å². The van der Waals surface area contributed by atoms with Crippen LogP contribution in [0.4, 0.5) is 0 Å². The highest BCUT2D eigenvalue weighted by Crippen LogP contribution is 2.43. The van der Waals surface area contributed by atoms with Gasteiger partial charge in [0.25, 0.3) is 0 Å². The third-order valence-corrected chi connectivity index (χ3v) is 8.24. The number of carbonyl (C=O) groups is 1. The Bertz CT molecular complexity index is 1140. The molecule has 2 heterocycles. The zero-order valence-corrected chi connectivity index (χ0v) is 27.5. The second-order valence-electron chi connectivity index (χ2n) is 16.0. The lowest BCUT2D eigenvalue weighted by molar-refractivity contribution is -0.127. The van der Waals surface area contributed by atoms with Crippen molar-refractivity contribution in [3.8, 4) is 0 Å². The Morgan fingerprint density at radius 2 is 0.900 bits per heavy atom.